The van der Waals surface area contributed by atoms with Gasteiger partial charge in [-0.3, -0.25) is 4.79 Å². The molecular weight excluding hydrogens is 659 g/mol. The van der Waals surface area contributed by atoms with E-state index >= 15 is 0 Å². The van der Waals surface area contributed by atoms with Crippen molar-refractivity contribution in [3.8, 4) is 17.2 Å². The Morgan fingerprint density at radius 1 is 1.04 bits per heavy atom. The molecule has 0 heterocycles. The average molecular weight is 677 g/mol. The van der Waals surface area contributed by atoms with Gasteiger partial charge in [-0.25, -0.2) is 0 Å². The van der Waals surface area contributed by atoms with Crippen LogP contribution >= 0.6 is 67.8 Å². The van der Waals surface area contributed by atoms with E-state index in [0.29, 0.717) is 12.2 Å². The number of benzene rings is 2. The molecule has 1 N–H and O–H groups in total. The lowest BCUT2D eigenvalue weighted by Crippen LogP contribution is -2.31. The number of aromatic hydroxyl groups is 1. The first-order valence-electron chi connectivity index (χ1n) is 7.77. The molecule has 134 valence electrons. The summed E-state index contributed by atoms with van der Waals surface area (Å²) in [5.41, 5.74) is 0.985. The zero-order valence-electron chi connectivity index (χ0n) is 13.9. The summed E-state index contributed by atoms with van der Waals surface area (Å²) in [5.74, 6) is 1.81. The predicted molar refractivity (Wildman–Crippen MR) is 124 cm³/mol. The molecule has 0 aliphatic carbocycles. The van der Waals surface area contributed by atoms with Gasteiger partial charge in [0.1, 0.15) is 11.5 Å². The van der Waals surface area contributed by atoms with Crippen LogP contribution in [0.3, 0.4) is 0 Å². The SMILES string of the molecule is CCN(CC)C(=O)Cc1cc(I)c(Oc2ccc(O)c(I)c2)c(I)c1. The number of phenolic OH excluding ortho intramolecular Hbond substituents is 1. The van der Waals surface area contributed by atoms with E-state index in [0.717, 1.165) is 35.1 Å². The maximum absolute atomic E-state index is 12.3. The Morgan fingerprint density at radius 2 is 1.64 bits per heavy atom. The molecule has 0 spiro atoms. The Morgan fingerprint density at radius 3 is 2.16 bits per heavy atom. The molecule has 0 bridgehead atoms. The van der Waals surface area contributed by atoms with Gasteiger partial charge in [-0.15, -0.1) is 0 Å². The third-order valence-electron chi connectivity index (χ3n) is 3.67. The minimum absolute atomic E-state index is 0.137. The molecule has 7 heteroatoms. The second kappa shape index (κ2) is 9.58. The molecule has 2 rings (SSSR count). The van der Waals surface area contributed by atoms with Gasteiger partial charge in [0.2, 0.25) is 5.91 Å². The van der Waals surface area contributed by atoms with Gasteiger partial charge in [-0.2, -0.15) is 0 Å². The molecule has 0 saturated heterocycles. The standard InChI is InChI=1S/C18H18I3NO3/c1-3-22(4-2)17(24)9-11-7-14(20)18(15(21)8-11)25-12-5-6-16(23)13(19)10-12/h5-8,10,23H,3-4,9H2,1-2H3. The van der Waals surface area contributed by atoms with Crippen molar-refractivity contribution in [3.05, 3.63) is 46.6 Å². The van der Waals surface area contributed by atoms with E-state index in [1.165, 1.54) is 0 Å². The van der Waals surface area contributed by atoms with Crippen LogP contribution in [0.2, 0.25) is 0 Å². The molecule has 4 nitrogen and oxygen atoms in total. The summed E-state index contributed by atoms with van der Waals surface area (Å²) < 4.78 is 8.64. The highest BCUT2D eigenvalue weighted by Crippen LogP contribution is 2.34. The number of hydrogen-bond donors (Lipinski definition) is 1. The predicted octanol–water partition coefficient (Wildman–Crippen LogP) is 5.41. The molecular formula is C18H18I3NO3. The topological polar surface area (TPSA) is 49.8 Å². The quantitative estimate of drug-likeness (QED) is 0.417. The van der Waals surface area contributed by atoms with E-state index in [1.54, 1.807) is 18.2 Å². The molecule has 2 aromatic carbocycles. The summed E-state index contributed by atoms with van der Waals surface area (Å²) in [6, 6.07) is 9.13. The molecule has 0 atom stereocenters. The van der Waals surface area contributed by atoms with Crippen LogP contribution in [0.1, 0.15) is 19.4 Å². The normalized spacial score (nSPS) is 10.6. The molecule has 0 unspecified atom stereocenters. The van der Waals surface area contributed by atoms with Crippen LogP contribution in [0.15, 0.2) is 30.3 Å². The van der Waals surface area contributed by atoms with E-state index in [9.17, 15) is 9.90 Å². The van der Waals surface area contributed by atoms with Crippen molar-refractivity contribution in [2.24, 2.45) is 0 Å². The third kappa shape index (κ3) is 5.59. The average Bonchev–Trinajstić information content (AvgIpc) is 2.55. The lowest BCUT2D eigenvalue weighted by molar-refractivity contribution is -0.130. The van der Waals surface area contributed by atoms with Gasteiger partial charge in [0.05, 0.1) is 17.1 Å². The first kappa shape index (κ1) is 21.0. The van der Waals surface area contributed by atoms with Gasteiger partial charge in [0, 0.05) is 13.1 Å². The summed E-state index contributed by atoms with van der Waals surface area (Å²) in [6.07, 6.45) is 0.394. The molecule has 0 aliphatic heterocycles. The number of carbonyl (C=O) groups is 1. The largest absolute Gasteiger partial charge is 0.507 e. The number of phenols is 1. The van der Waals surface area contributed by atoms with Gasteiger partial charge in [-0.1, -0.05) is 0 Å². The van der Waals surface area contributed by atoms with Crippen LogP contribution in [0.5, 0.6) is 17.2 Å². The van der Waals surface area contributed by atoms with Crippen LogP contribution in [0, 0.1) is 10.7 Å². The summed E-state index contributed by atoms with van der Waals surface area (Å²) >= 11 is 6.53. The van der Waals surface area contributed by atoms with Crippen molar-refractivity contribution in [1.29, 1.82) is 0 Å². The minimum Gasteiger partial charge on any atom is -0.507 e. The van der Waals surface area contributed by atoms with Crippen molar-refractivity contribution in [1.82, 2.24) is 4.90 Å². The lowest BCUT2D eigenvalue weighted by Gasteiger charge is -2.19. The fourth-order valence-electron chi connectivity index (χ4n) is 2.34. The van der Waals surface area contributed by atoms with Crippen LogP contribution in [0.4, 0.5) is 0 Å². The first-order valence-corrected chi connectivity index (χ1v) is 11.0. The molecule has 0 fully saturated rings. The molecule has 0 saturated carbocycles. The van der Waals surface area contributed by atoms with Crippen LogP contribution < -0.4 is 4.74 Å². The van der Waals surface area contributed by atoms with Gasteiger partial charge in [0.15, 0.2) is 5.75 Å². The van der Waals surface area contributed by atoms with E-state index in [-0.39, 0.29) is 11.7 Å². The van der Waals surface area contributed by atoms with Crippen LogP contribution in [-0.4, -0.2) is 29.0 Å². The maximum Gasteiger partial charge on any atom is 0.226 e. The van der Waals surface area contributed by atoms with E-state index in [2.05, 4.69) is 67.8 Å². The molecule has 0 aliphatic rings. The van der Waals surface area contributed by atoms with Gasteiger partial charge < -0.3 is 14.7 Å². The monoisotopic (exact) mass is 677 g/mol. The number of carbonyl (C=O) groups excluding carboxylic acids is 1. The number of likely N-dealkylation sites (N-methyl/N-ethyl adjacent to an activating group) is 1. The van der Waals surface area contributed by atoms with E-state index in [4.69, 9.17) is 4.74 Å². The van der Waals surface area contributed by atoms with E-state index in [1.807, 2.05) is 30.9 Å². The molecule has 25 heavy (non-hydrogen) atoms. The lowest BCUT2D eigenvalue weighted by atomic mass is 10.1. The highest BCUT2D eigenvalue weighted by molar-refractivity contribution is 14.1. The van der Waals surface area contributed by atoms with Crippen molar-refractivity contribution in [2.75, 3.05) is 13.1 Å². The third-order valence-corrected chi connectivity index (χ3v) is 6.14. The Kier molecular flexibility index (Phi) is 8.05. The zero-order chi connectivity index (χ0) is 18.6. The summed E-state index contributed by atoms with van der Waals surface area (Å²) in [6.45, 7) is 5.43. The number of halogens is 3. The number of nitrogens with zero attached hydrogens (tertiary/aromatic N) is 1. The Bertz CT molecular complexity index is 753. The fraction of sp³-hybridized carbons (Fsp3) is 0.278. The molecule has 0 aromatic heterocycles. The highest BCUT2D eigenvalue weighted by Gasteiger charge is 2.15. The van der Waals surface area contributed by atoms with Crippen molar-refractivity contribution in [2.45, 2.75) is 20.3 Å². The van der Waals surface area contributed by atoms with Gasteiger partial charge >= 0.3 is 0 Å². The molecule has 1 amide bonds. The van der Waals surface area contributed by atoms with Crippen LogP contribution in [0.25, 0.3) is 0 Å². The first-order chi connectivity index (χ1) is 11.8. The van der Waals surface area contributed by atoms with Gasteiger partial charge in [-0.05, 0) is 118 Å². The number of amides is 1. The van der Waals surface area contributed by atoms with E-state index < -0.39 is 0 Å². The molecule has 2 aromatic rings. The van der Waals surface area contributed by atoms with Crippen molar-refractivity contribution < 1.29 is 14.6 Å². The zero-order valence-corrected chi connectivity index (χ0v) is 20.3. The van der Waals surface area contributed by atoms with Gasteiger partial charge in [0.25, 0.3) is 0 Å². The Balaban J connectivity index is 2.22. The van der Waals surface area contributed by atoms with Crippen LogP contribution in [-0.2, 0) is 11.2 Å². The second-order valence-corrected chi connectivity index (χ2v) is 8.83. The van der Waals surface area contributed by atoms with Crippen molar-refractivity contribution in [3.63, 3.8) is 0 Å². The summed E-state index contributed by atoms with van der Waals surface area (Å²) in [5, 5.41) is 9.62. The highest BCUT2D eigenvalue weighted by atomic mass is 127. The summed E-state index contributed by atoms with van der Waals surface area (Å²) in [4.78, 5) is 14.1. The Hall–Kier alpha value is -0.300. The minimum atomic E-state index is 0.137. The number of rotatable bonds is 6. The maximum atomic E-state index is 12.3. The summed E-state index contributed by atoms with van der Waals surface area (Å²) in [7, 11) is 0. The second-order valence-electron chi connectivity index (χ2n) is 5.35. The number of ether oxygens (including phenoxy) is 1. The Labute approximate surface area is 188 Å². The molecule has 0 radical (unpaired) electrons. The fourth-order valence-corrected chi connectivity index (χ4v) is 4.95. The number of hydrogen-bond acceptors (Lipinski definition) is 3. The van der Waals surface area contributed by atoms with Crippen molar-refractivity contribution >= 4 is 73.7 Å². The smallest absolute Gasteiger partial charge is 0.226 e.